The number of allylic oxidation sites excluding steroid dienone is 1. The Morgan fingerprint density at radius 1 is 1.53 bits per heavy atom. The van der Waals surface area contributed by atoms with E-state index in [0.717, 1.165) is 5.69 Å². The molecule has 2 rings (SSSR count). The van der Waals surface area contributed by atoms with E-state index in [0.29, 0.717) is 21.9 Å². The summed E-state index contributed by atoms with van der Waals surface area (Å²) in [4.78, 5) is 16.9. The molecule has 0 bridgehead atoms. The normalized spacial score (nSPS) is 11.6. The molecule has 1 aromatic carbocycles. The predicted octanol–water partition coefficient (Wildman–Crippen LogP) is 3.44. The van der Waals surface area contributed by atoms with Gasteiger partial charge in [-0.2, -0.15) is 4.99 Å². The number of hydrogen-bond donors (Lipinski definition) is 0. The van der Waals surface area contributed by atoms with Crippen LogP contribution in [0.1, 0.15) is 16.1 Å². The number of hydrogen-bond acceptors (Lipinski definition) is 2. The van der Waals surface area contributed by atoms with Gasteiger partial charge in [-0.1, -0.05) is 29.8 Å². The van der Waals surface area contributed by atoms with Gasteiger partial charge in [-0.05, 0) is 19.1 Å². The van der Waals surface area contributed by atoms with E-state index in [2.05, 4.69) is 11.6 Å². The number of carbonyl (C=O) groups excluding carboxylic acids is 1. The van der Waals surface area contributed by atoms with E-state index in [9.17, 15) is 4.79 Å². The van der Waals surface area contributed by atoms with Gasteiger partial charge >= 0.3 is 0 Å². The minimum absolute atomic E-state index is 0.328. The zero-order chi connectivity index (χ0) is 13.8. The van der Waals surface area contributed by atoms with Crippen LogP contribution in [-0.4, -0.2) is 10.5 Å². The quantitative estimate of drug-likeness (QED) is 0.798. The molecule has 1 heterocycles. The topological polar surface area (TPSA) is 34.4 Å². The third-order valence-corrected chi connectivity index (χ3v) is 3.92. The number of carbonyl (C=O) groups is 1. The van der Waals surface area contributed by atoms with Gasteiger partial charge in [0.25, 0.3) is 5.91 Å². The lowest BCUT2D eigenvalue weighted by atomic mass is 10.2. The molecular weight excluding hydrogens is 280 g/mol. The molecule has 98 valence electrons. The fourth-order valence-corrected chi connectivity index (χ4v) is 2.74. The summed E-state index contributed by atoms with van der Waals surface area (Å²) >= 11 is 7.42. The van der Waals surface area contributed by atoms with Crippen molar-refractivity contribution < 1.29 is 4.79 Å². The molecular formula is C14H13ClN2OS. The van der Waals surface area contributed by atoms with Crippen LogP contribution >= 0.6 is 22.9 Å². The van der Waals surface area contributed by atoms with Crippen LogP contribution in [0.5, 0.6) is 0 Å². The maximum Gasteiger partial charge on any atom is 0.281 e. The Labute approximate surface area is 120 Å². The third kappa shape index (κ3) is 3.03. The molecule has 0 saturated carbocycles. The number of rotatable bonds is 3. The highest BCUT2D eigenvalue weighted by atomic mass is 35.5. The summed E-state index contributed by atoms with van der Waals surface area (Å²) in [6.07, 6.45) is 1.78. The van der Waals surface area contributed by atoms with Gasteiger partial charge in [0.1, 0.15) is 0 Å². The van der Waals surface area contributed by atoms with Gasteiger partial charge in [0.2, 0.25) is 0 Å². The molecule has 0 radical (unpaired) electrons. The molecule has 2 aromatic rings. The Kier molecular flexibility index (Phi) is 4.35. The fourth-order valence-electron chi connectivity index (χ4n) is 1.64. The van der Waals surface area contributed by atoms with Gasteiger partial charge in [-0.3, -0.25) is 4.79 Å². The summed E-state index contributed by atoms with van der Waals surface area (Å²) in [6.45, 7) is 6.31. The molecule has 0 aliphatic rings. The largest absolute Gasteiger partial charge is 0.317 e. The standard InChI is InChI=1S/C14H13ClN2OS/c1-3-8-17-10(2)9-19-14(17)16-13(18)11-6-4-5-7-12(11)15/h3-7,9H,1,8H2,2H3. The van der Waals surface area contributed by atoms with Crippen LogP contribution in [0, 0.1) is 6.92 Å². The number of halogens is 1. The number of aromatic nitrogens is 1. The maximum absolute atomic E-state index is 12.1. The number of amides is 1. The first-order valence-electron chi connectivity index (χ1n) is 5.73. The highest BCUT2D eigenvalue weighted by Gasteiger charge is 2.09. The van der Waals surface area contributed by atoms with Crippen molar-refractivity contribution >= 4 is 28.8 Å². The summed E-state index contributed by atoms with van der Waals surface area (Å²) in [5.41, 5.74) is 1.47. The molecule has 19 heavy (non-hydrogen) atoms. The van der Waals surface area contributed by atoms with E-state index in [4.69, 9.17) is 11.6 Å². The second-order valence-corrected chi connectivity index (χ2v) is 5.20. The number of nitrogens with zero attached hydrogens (tertiary/aromatic N) is 2. The Bertz CT molecular complexity index is 685. The van der Waals surface area contributed by atoms with Crippen molar-refractivity contribution in [2.45, 2.75) is 13.5 Å². The van der Waals surface area contributed by atoms with E-state index in [1.165, 1.54) is 11.3 Å². The van der Waals surface area contributed by atoms with E-state index in [1.54, 1.807) is 30.3 Å². The van der Waals surface area contributed by atoms with Crippen molar-refractivity contribution in [2.24, 2.45) is 4.99 Å². The molecule has 5 heteroatoms. The molecule has 1 aromatic heterocycles. The maximum atomic E-state index is 12.1. The van der Waals surface area contributed by atoms with Crippen LogP contribution in [0.25, 0.3) is 0 Å². The first-order chi connectivity index (χ1) is 9.13. The van der Waals surface area contributed by atoms with Gasteiger partial charge in [0.15, 0.2) is 4.80 Å². The summed E-state index contributed by atoms with van der Waals surface area (Å²) in [5, 5.41) is 2.38. The average molecular weight is 293 g/mol. The Balaban J connectivity index is 2.44. The van der Waals surface area contributed by atoms with Crippen LogP contribution in [0.2, 0.25) is 5.02 Å². The zero-order valence-electron chi connectivity index (χ0n) is 10.5. The molecule has 0 aliphatic heterocycles. The third-order valence-electron chi connectivity index (χ3n) is 2.60. The average Bonchev–Trinajstić information content (AvgIpc) is 2.72. The molecule has 0 saturated heterocycles. The SMILES string of the molecule is C=CCn1c(C)csc1=NC(=O)c1ccccc1Cl. The summed E-state index contributed by atoms with van der Waals surface area (Å²) in [5.74, 6) is -0.328. The molecule has 0 fully saturated rings. The highest BCUT2D eigenvalue weighted by Crippen LogP contribution is 2.15. The van der Waals surface area contributed by atoms with Gasteiger partial charge in [-0.25, -0.2) is 0 Å². The first kappa shape index (κ1) is 13.8. The monoisotopic (exact) mass is 292 g/mol. The molecule has 3 nitrogen and oxygen atoms in total. The van der Waals surface area contributed by atoms with Gasteiger partial charge in [-0.15, -0.1) is 17.9 Å². The minimum atomic E-state index is -0.328. The van der Waals surface area contributed by atoms with Crippen molar-refractivity contribution in [3.05, 3.63) is 63.4 Å². The van der Waals surface area contributed by atoms with E-state index in [1.807, 2.05) is 16.9 Å². The van der Waals surface area contributed by atoms with E-state index in [-0.39, 0.29) is 5.91 Å². The van der Waals surface area contributed by atoms with Crippen molar-refractivity contribution in [2.75, 3.05) is 0 Å². The minimum Gasteiger partial charge on any atom is -0.317 e. The second kappa shape index (κ2) is 5.99. The fraction of sp³-hybridized carbons (Fsp3) is 0.143. The Morgan fingerprint density at radius 2 is 2.26 bits per heavy atom. The van der Waals surface area contributed by atoms with Crippen LogP contribution in [-0.2, 0) is 6.54 Å². The smallest absolute Gasteiger partial charge is 0.281 e. The van der Waals surface area contributed by atoms with E-state index >= 15 is 0 Å². The molecule has 0 unspecified atom stereocenters. The summed E-state index contributed by atoms with van der Waals surface area (Å²) < 4.78 is 1.94. The van der Waals surface area contributed by atoms with Crippen LogP contribution < -0.4 is 4.80 Å². The number of aryl methyl sites for hydroxylation is 1. The number of benzene rings is 1. The summed E-state index contributed by atoms with van der Waals surface area (Å²) in [7, 11) is 0. The molecule has 1 amide bonds. The Morgan fingerprint density at radius 3 is 2.95 bits per heavy atom. The predicted molar refractivity (Wildman–Crippen MR) is 78.6 cm³/mol. The van der Waals surface area contributed by atoms with Crippen molar-refractivity contribution in [3.8, 4) is 0 Å². The van der Waals surface area contributed by atoms with E-state index < -0.39 is 0 Å². The lowest BCUT2D eigenvalue weighted by Crippen LogP contribution is -2.17. The van der Waals surface area contributed by atoms with Gasteiger partial charge in [0.05, 0.1) is 10.6 Å². The van der Waals surface area contributed by atoms with Gasteiger partial charge < -0.3 is 4.57 Å². The Hall–Kier alpha value is -1.65. The van der Waals surface area contributed by atoms with Crippen molar-refractivity contribution in [1.82, 2.24) is 4.57 Å². The van der Waals surface area contributed by atoms with Crippen LogP contribution in [0.15, 0.2) is 47.3 Å². The molecule has 0 spiro atoms. The molecule has 0 N–H and O–H groups in total. The van der Waals surface area contributed by atoms with Crippen molar-refractivity contribution in [3.63, 3.8) is 0 Å². The van der Waals surface area contributed by atoms with Crippen LogP contribution in [0.4, 0.5) is 0 Å². The highest BCUT2D eigenvalue weighted by molar-refractivity contribution is 7.07. The van der Waals surface area contributed by atoms with Crippen molar-refractivity contribution in [1.29, 1.82) is 0 Å². The summed E-state index contributed by atoms with van der Waals surface area (Å²) in [6, 6.07) is 6.91. The molecule has 0 atom stereocenters. The lowest BCUT2D eigenvalue weighted by molar-refractivity contribution is 0.0998. The second-order valence-electron chi connectivity index (χ2n) is 3.96. The van der Waals surface area contributed by atoms with Crippen LogP contribution in [0.3, 0.4) is 0 Å². The first-order valence-corrected chi connectivity index (χ1v) is 6.98. The molecule has 0 aliphatic carbocycles. The number of thiazole rings is 1. The lowest BCUT2D eigenvalue weighted by Gasteiger charge is -2.01. The van der Waals surface area contributed by atoms with Gasteiger partial charge in [0, 0.05) is 17.6 Å². The zero-order valence-corrected chi connectivity index (χ0v) is 12.0.